The second-order valence-electron chi connectivity index (χ2n) is 3.72. The van der Waals surface area contributed by atoms with Gasteiger partial charge in [-0.25, -0.2) is 4.39 Å². The highest BCUT2D eigenvalue weighted by Gasteiger charge is 2.10. The Morgan fingerprint density at radius 2 is 2.26 bits per heavy atom. The maximum Gasteiger partial charge on any atom is 0.251 e. The molecule has 0 aliphatic rings. The highest BCUT2D eigenvalue weighted by atomic mass is 79.9. The first-order valence-electron chi connectivity index (χ1n) is 5.45. The molecule has 1 heterocycles. The van der Waals surface area contributed by atoms with Crippen LogP contribution in [-0.2, 0) is 6.54 Å². The van der Waals surface area contributed by atoms with E-state index in [-0.39, 0.29) is 11.7 Å². The smallest absolute Gasteiger partial charge is 0.251 e. The first kappa shape index (κ1) is 14.0. The van der Waals surface area contributed by atoms with E-state index in [0.717, 1.165) is 9.35 Å². The maximum atomic E-state index is 13.2. The summed E-state index contributed by atoms with van der Waals surface area (Å²) in [6, 6.07) is 5.95. The molecule has 2 aromatic rings. The number of nitrogens with one attached hydrogen (secondary N) is 1. The molecule has 0 bridgehead atoms. The van der Waals surface area contributed by atoms with E-state index in [1.807, 2.05) is 11.4 Å². The largest absolute Gasteiger partial charge is 0.494 e. The summed E-state index contributed by atoms with van der Waals surface area (Å²) in [5, 5.41) is 4.71. The first-order chi connectivity index (χ1) is 9.11. The fourth-order valence-electron chi connectivity index (χ4n) is 1.51. The molecule has 0 unspecified atom stereocenters. The van der Waals surface area contributed by atoms with Crippen molar-refractivity contribution >= 4 is 33.2 Å². The molecule has 1 amide bonds. The second-order valence-corrected chi connectivity index (χ2v) is 5.58. The Kier molecular flexibility index (Phi) is 4.55. The monoisotopic (exact) mass is 343 g/mol. The van der Waals surface area contributed by atoms with Crippen molar-refractivity contribution in [1.29, 1.82) is 0 Å². The summed E-state index contributed by atoms with van der Waals surface area (Å²) in [4.78, 5) is 13.0. The summed E-state index contributed by atoms with van der Waals surface area (Å²) in [7, 11) is 1.36. The van der Waals surface area contributed by atoms with Crippen LogP contribution in [0, 0.1) is 5.82 Å². The zero-order valence-electron chi connectivity index (χ0n) is 10.1. The number of amides is 1. The summed E-state index contributed by atoms with van der Waals surface area (Å²) in [5.41, 5.74) is 0.367. The van der Waals surface area contributed by atoms with E-state index in [1.165, 1.54) is 25.3 Å². The summed E-state index contributed by atoms with van der Waals surface area (Å²) < 4.78 is 19.0. The standard InChI is InChI=1S/C13H11BrFNO2S/c1-18-11-6-8(2-3-10(11)15)13(17)16-7-12-9(14)4-5-19-12/h2-6H,7H2,1H3,(H,16,17). The predicted molar refractivity (Wildman–Crippen MR) is 76.1 cm³/mol. The zero-order chi connectivity index (χ0) is 13.8. The fourth-order valence-corrected chi connectivity index (χ4v) is 2.95. The van der Waals surface area contributed by atoms with Gasteiger partial charge in [-0.15, -0.1) is 11.3 Å². The Bertz CT molecular complexity index is 600. The Morgan fingerprint density at radius 3 is 2.89 bits per heavy atom. The molecule has 100 valence electrons. The van der Waals surface area contributed by atoms with Crippen molar-refractivity contribution in [3.05, 3.63) is 50.4 Å². The predicted octanol–water partition coefficient (Wildman–Crippen LogP) is 3.59. The number of hydrogen-bond donors (Lipinski definition) is 1. The van der Waals surface area contributed by atoms with Gasteiger partial charge in [0.2, 0.25) is 0 Å². The van der Waals surface area contributed by atoms with Gasteiger partial charge in [0.05, 0.1) is 13.7 Å². The van der Waals surface area contributed by atoms with E-state index in [9.17, 15) is 9.18 Å². The molecule has 3 nitrogen and oxygen atoms in total. The third-order valence-electron chi connectivity index (χ3n) is 2.51. The van der Waals surface area contributed by atoms with Gasteiger partial charge in [0.25, 0.3) is 5.91 Å². The van der Waals surface area contributed by atoms with Gasteiger partial charge in [-0.1, -0.05) is 0 Å². The van der Waals surface area contributed by atoms with Crippen LogP contribution in [0.2, 0.25) is 0 Å². The van der Waals surface area contributed by atoms with Gasteiger partial charge in [-0.3, -0.25) is 4.79 Å². The maximum absolute atomic E-state index is 13.2. The number of carbonyl (C=O) groups excluding carboxylic acids is 1. The first-order valence-corrected chi connectivity index (χ1v) is 7.12. The van der Waals surface area contributed by atoms with Gasteiger partial charge in [-0.05, 0) is 45.6 Å². The molecular formula is C13H11BrFNO2S. The minimum absolute atomic E-state index is 0.0601. The topological polar surface area (TPSA) is 38.3 Å². The van der Waals surface area contributed by atoms with E-state index in [0.29, 0.717) is 12.1 Å². The number of thiophene rings is 1. The molecule has 0 fully saturated rings. The molecule has 19 heavy (non-hydrogen) atoms. The molecule has 0 atom stereocenters. The van der Waals surface area contributed by atoms with Gasteiger partial charge < -0.3 is 10.1 Å². The summed E-state index contributed by atoms with van der Waals surface area (Å²) in [6.07, 6.45) is 0. The molecule has 0 radical (unpaired) electrons. The lowest BCUT2D eigenvalue weighted by atomic mass is 10.2. The minimum Gasteiger partial charge on any atom is -0.494 e. The van der Waals surface area contributed by atoms with E-state index in [2.05, 4.69) is 21.2 Å². The van der Waals surface area contributed by atoms with Crippen LogP contribution in [-0.4, -0.2) is 13.0 Å². The van der Waals surface area contributed by atoms with Crippen molar-refractivity contribution in [2.24, 2.45) is 0 Å². The lowest BCUT2D eigenvalue weighted by Crippen LogP contribution is -2.22. The average molecular weight is 344 g/mol. The number of carbonyl (C=O) groups is 1. The van der Waals surface area contributed by atoms with E-state index in [4.69, 9.17) is 4.74 Å². The molecule has 0 aliphatic carbocycles. The molecular weight excluding hydrogens is 333 g/mol. The number of halogens is 2. The number of hydrogen-bond acceptors (Lipinski definition) is 3. The van der Waals surface area contributed by atoms with Crippen LogP contribution >= 0.6 is 27.3 Å². The average Bonchev–Trinajstić information content (AvgIpc) is 2.82. The van der Waals surface area contributed by atoms with Crippen LogP contribution in [0.1, 0.15) is 15.2 Å². The third-order valence-corrected chi connectivity index (χ3v) is 4.44. The quantitative estimate of drug-likeness (QED) is 0.921. The van der Waals surface area contributed by atoms with Gasteiger partial charge in [0.1, 0.15) is 0 Å². The second kappa shape index (κ2) is 6.16. The lowest BCUT2D eigenvalue weighted by molar-refractivity contribution is 0.0951. The van der Waals surface area contributed by atoms with Gasteiger partial charge >= 0.3 is 0 Å². The lowest BCUT2D eigenvalue weighted by Gasteiger charge is -2.07. The molecule has 0 saturated carbocycles. The Morgan fingerprint density at radius 1 is 1.47 bits per heavy atom. The van der Waals surface area contributed by atoms with Crippen LogP contribution in [0.5, 0.6) is 5.75 Å². The number of benzene rings is 1. The summed E-state index contributed by atoms with van der Waals surface area (Å²) in [5.74, 6) is -0.691. The van der Waals surface area contributed by atoms with Crippen molar-refractivity contribution in [3.8, 4) is 5.75 Å². The normalized spacial score (nSPS) is 10.3. The Labute approximate surface area is 122 Å². The van der Waals surface area contributed by atoms with Crippen LogP contribution in [0.3, 0.4) is 0 Å². The highest BCUT2D eigenvalue weighted by Crippen LogP contribution is 2.22. The molecule has 2 rings (SSSR count). The van der Waals surface area contributed by atoms with Gasteiger partial charge in [-0.2, -0.15) is 0 Å². The molecule has 1 aromatic heterocycles. The van der Waals surface area contributed by atoms with Gasteiger partial charge in [0, 0.05) is 14.9 Å². The number of methoxy groups -OCH3 is 1. The van der Waals surface area contributed by atoms with Crippen molar-refractivity contribution < 1.29 is 13.9 Å². The SMILES string of the molecule is COc1cc(C(=O)NCc2sccc2Br)ccc1F. The van der Waals surface area contributed by atoms with Crippen molar-refractivity contribution in [2.75, 3.05) is 7.11 Å². The van der Waals surface area contributed by atoms with Crippen molar-refractivity contribution in [1.82, 2.24) is 5.32 Å². The van der Waals surface area contributed by atoms with Crippen LogP contribution < -0.4 is 10.1 Å². The molecule has 1 N–H and O–H groups in total. The number of rotatable bonds is 4. The van der Waals surface area contributed by atoms with E-state index < -0.39 is 5.82 Å². The Hall–Kier alpha value is -1.40. The summed E-state index contributed by atoms with van der Waals surface area (Å²) in [6.45, 7) is 0.427. The van der Waals surface area contributed by atoms with Crippen LogP contribution in [0.25, 0.3) is 0 Å². The molecule has 0 saturated heterocycles. The third kappa shape index (κ3) is 3.33. The highest BCUT2D eigenvalue weighted by molar-refractivity contribution is 9.10. The zero-order valence-corrected chi connectivity index (χ0v) is 12.5. The number of ether oxygens (including phenoxy) is 1. The van der Waals surface area contributed by atoms with E-state index >= 15 is 0 Å². The van der Waals surface area contributed by atoms with Crippen molar-refractivity contribution in [2.45, 2.75) is 6.54 Å². The van der Waals surface area contributed by atoms with E-state index in [1.54, 1.807) is 11.3 Å². The summed E-state index contributed by atoms with van der Waals surface area (Å²) >= 11 is 4.95. The molecule has 0 aliphatic heterocycles. The molecule has 0 spiro atoms. The molecule has 6 heteroatoms. The Balaban J connectivity index is 2.06. The van der Waals surface area contributed by atoms with Crippen LogP contribution in [0.4, 0.5) is 4.39 Å². The van der Waals surface area contributed by atoms with Crippen LogP contribution in [0.15, 0.2) is 34.1 Å². The van der Waals surface area contributed by atoms with Crippen molar-refractivity contribution in [3.63, 3.8) is 0 Å². The van der Waals surface area contributed by atoms with Gasteiger partial charge in [0.15, 0.2) is 11.6 Å². The fraction of sp³-hybridized carbons (Fsp3) is 0.154. The minimum atomic E-state index is -0.486. The molecule has 1 aromatic carbocycles.